The topological polar surface area (TPSA) is 65.1 Å². The predicted octanol–water partition coefficient (Wildman–Crippen LogP) is 0.172. The molecule has 2 fully saturated rings. The van der Waals surface area contributed by atoms with Crippen molar-refractivity contribution < 1.29 is 14.3 Å². The van der Waals surface area contributed by atoms with E-state index < -0.39 is 0 Å². The molecule has 0 bridgehead atoms. The second-order valence-corrected chi connectivity index (χ2v) is 6.72. The van der Waals surface area contributed by atoms with Crippen molar-refractivity contribution in [1.29, 1.82) is 0 Å². The summed E-state index contributed by atoms with van der Waals surface area (Å²) in [5.74, 6) is 0.293. The number of piperazine rings is 1. The lowest BCUT2D eigenvalue weighted by Gasteiger charge is -2.37. The van der Waals surface area contributed by atoms with E-state index in [2.05, 4.69) is 10.2 Å². The lowest BCUT2D eigenvalue weighted by atomic mass is 10.1. The highest BCUT2D eigenvalue weighted by Crippen LogP contribution is 2.24. The molecule has 0 saturated carbocycles. The molecule has 3 rings (SSSR count). The van der Waals surface area contributed by atoms with Crippen LogP contribution in [0.5, 0.6) is 0 Å². The van der Waals surface area contributed by atoms with Crippen LogP contribution in [0.2, 0.25) is 0 Å². The van der Waals surface area contributed by atoms with Crippen molar-refractivity contribution in [3.05, 3.63) is 30.3 Å². The van der Waals surface area contributed by atoms with Gasteiger partial charge < -0.3 is 19.9 Å². The molecule has 1 atom stereocenters. The molecular weight excluding hydrogens is 332 g/mol. The fourth-order valence-electron chi connectivity index (χ4n) is 3.63. The highest BCUT2D eigenvalue weighted by Gasteiger charge is 2.38. The maximum Gasteiger partial charge on any atom is 0.244 e. The van der Waals surface area contributed by atoms with Gasteiger partial charge in [-0.05, 0) is 18.6 Å². The van der Waals surface area contributed by atoms with E-state index in [4.69, 9.17) is 4.74 Å². The Labute approximate surface area is 154 Å². The first-order chi connectivity index (χ1) is 12.7. The van der Waals surface area contributed by atoms with Gasteiger partial charge in [-0.15, -0.1) is 0 Å². The molecule has 7 heteroatoms. The molecule has 2 heterocycles. The minimum atomic E-state index is -0.0627. The van der Waals surface area contributed by atoms with Gasteiger partial charge in [0.15, 0.2) is 0 Å². The van der Waals surface area contributed by atoms with E-state index in [0.717, 1.165) is 31.7 Å². The Bertz CT molecular complexity index is 602. The summed E-state index contributed by atoms with van der Waals surface area (Å²) in [4.78, 5) is 31.0. The van der Waals surface area contributed by atoms with Crippen molar-refractivity contribution >= 4 is 17.5 Å². The molecule has 7 nitrogen and oxygen atoms in total. The molecule has 26 heavy (non-hydrogen) atoms. The van der Waals surface area contributed by atoms with Gasteiger partial charge in [0.1, 0.15) is 0 Å². The average molecular weight is 360 g/mol. The van der Waals surface area contributed by atoms with Crippen LogP contribution in [0.25, 0.3) is 0 Å². The zero-order chi connectivity index (χ0) is 18.4. The van der Waals surface area contributed by atoms with Gasteiger partial charge in [0.05, 0.1) is 19.2 Å². The number of amides is 2. The van der Waals surface area contributed by atoms with Crippen molar-refractivity contribution in [1.82, 2.24) is 15.1 Å². The number of anilines is 1. The number of carbonyl (C=O) groups excluding carboxylic acids is 2. The number of methoxy groups -OCH3 is 1. The van der Waals surface area contributed by atoms with Crippen molar-refractivity contribution in [3.8, 4) is 0 Å². The van der Waals surface area contributed by atoms with E-state index in [1.54, 1.807) is 7.11 Å². The molecule has 2 saturated heterocycles. The first-order valence-corrected chi connectivity index (χ1v) is 9.28. The van der Waals surface area contributed by atoms with E-state index in [9.17, 15) is 9.59 Å². The second kappa shape index (κ2) is 9.12. The molecule has 1 N–H and O–H groups in total. The van der Waals surface area contributed by atoms with E-state index >= 15 is 0 Å². The van der Waals surface area contributed by atoms with Gasteiger partial charge in [0, 0.05) is 52.1 Å². The Balaban J connectivity index is 1.46. The molecule has 1 aromatic carbocycles. The summed E-state index contributed by atoms with van der Waals surface area (Å²) in [7, 11) is 1.64. The third-order valence-corrected chi connectivity index (χ3v) is 5.11. The highest BCUT2D eigenvalue weighted by molar-refractivity contribution is 5.99. The van der Waals surface area contributed by atoms with Crippen molar-refractivity contribution in [2.75, 3.05) is 64.4 Å². The molecule has 1 aromatic rings. The van der Waals surface area contributed by atoms with E-state index in [-0.39, 0.29) is 17.9 Å². The van der Waals surface area contributed by atoms with Gasteiger partial charge in [0.25, 0.3) is 0 Å². The Morgan fingerprint density at radius 1 is 1.15 bits per heavy atom. The quantitative estimate of drug-likeness (QED) is 0.703. The molecule has 142 valence electrons. The standard InChI is InChI=1S/C19H28N4O3/c1-26-14-8-20-15-18(24)22-12-10-21(11-13-22)17-7-9-23(19(17)25)16-5-3-2-4-6-16/h2-6,17,20H,7-15H2,1H3. The van der Waals surface area contributed by atoms with Gasteiger partial charge in [-0.1, -0.05) is 18.2 Å². The molecular formula is C19H28N4O3. The lowest BCUT2D eigenvalue weighted by Crippen LogP contribution is -2.55. The molecule has 2 aliphatic heterocycles. The van der Waals surface area contributed by atoms with Crippen LogP contribution in [0.1, 0.15) is 6.42 Å². The van der Waals surface area contributed by atoms with Crippen LogP contribution < -0.4 is 10.2 Å². The van der Waals surface area contributed by atoms with Gasteiger partial charge in [-0.2, -0.15) is 0 Å². The number of carbonyl (C=O) groups is 2. The first kappa shape index (κ1) is 18.8. The minimum Gasteiger partial charge on any atom is -0.383 e. The van der Waals surface area contributed by atoms with Crippen LogP contribution >= 0.6 is 0 Å². The molecule has 0 radical (unpaired) electrons. The fourth-order valence-corrected chi connectivity index (χ4v) is 3.63. The summed E-state index contributed by atoms with van der Waals surface area (Å²) in [6.45, 7) is 5.24. The molecule has 0 spiro atoms. The van der Waals surface area contributed by atoms with Crippen LogP contribution in [-0.4, -0.2) is 87.2 Å². The number of hydrogen-bond acceptors (Lipinski definition) is 5. The van der Waals surface area contributed by atoms with Gasteiger partial charge in [0.2, 0.25) is 11.8 Å². The summed E-state index contributed by atoms with van der Waals surface area (Å²) in [5.41, 5.74) is 0.968. The van der Waals surface area contributed by atoms with Crippen LogP contribution in [0.3, 0.4) is 0 Å². The maximum absolute atomic E-state index is 12.8. The van der Waals surface area contributed by atoms with E-state index in [1.165, 1.54) is 0 Å². The number of nitrogens with zero attached hydrogens (tertiary/aromatic N) is 3. The van der Waals surface area contributed by atoms with Crippen LogP contribution in [0.15, 0.2) is 30.3 Å². The summed E-state index contributed by atoms with van der Waals surface area (Å²) < 4.78 is 4.96. The van der Waals surface area contributed by atoms with Crippen molar-refractivity contribution in [3.63, 3.8) is 0 Å². The molecule has 1 unspecified atom stereocenters. The van der Waals surface area contributed by atoms with E-state index in [0.29, 0.717) is 32.8 Å². The number of hydrogen-bond donors (Lipinski definition) is 1. The van der Waals surface area contributed by atoms with Gasteiger partial charge in [-0.3, -0.25) is 14.5 Å². The average Bonchev–Trinajstić information content (AvgIpc) is 3.07. The molecule has 0 aliphatic carbocycles. The SMILES string of the molecule is COCCNCC(=O)N1CCN(C2CCN(c3ccccc3)C2=O)CC1. The summed E-state index contributed by atoms with van der Waals surface area (Å²) >= 11 is 0. The van der Waals surface area contributed by atoms with Crippen LogP contribution in [-0.2, 0) is 14.3 Å². The van der Waals surface area contributed by atoms with Crippen molar-refractivity contribution in [2.24, 2.45) is 0 Å². The van der Waals surface area contributed by atoms with E-state index in [1.807, 2.05) is 40.1 Å². The lowest BCUT2D eigenvalue weighted by molar-refractivity contribution is -0.132. The molecule has 2 aliphatic rings. The second-order valence-electron chi connectivity index (χ2n) is 6.72. The molecule has 0 aromatic heterocycles. The Morgan fingerprint density at radius 2 is 1.88 bits per heavy atom. The third-order valence-electron chi connectivity index (χ3n) is 5.11. The number of rotatable bonds is 7. The zero-order valence-electron chi connectivity index (χ0n) is 15.4. The summed E-state index contributed by atoms with van der Waals surface area (Å²) in [6.07, 6.45) is 0.847. The smallest absolute Gasteiger partial charge is 0.244 e. The Kier molecular flexibility index (Phi) is 6.60. The Morgan fingerprint density at radius 3 is 2.58 bits per heavy atom. The number of nitrogens with one attached hydrogen (secondary N) is 1. The highest BCUT2D eigenvalue weighted by atomic mass is 16.5. The summed E-state index contributed by atoms with van der Waals surface area (Å²) in [6, 6.07) is 9.78. The summed E-state index contributed by atoms with van der Waals surface area (Å²) in [5, 5.41) is 3.09. The first-order valence-electron chi connectivity index (χ1n) is 9.28. The monoisotopic (exact) mass is 360 g/mol. The predicted molar refractivity (Wildman–Crippen MR) is 100 cm³/mol. The minimum absolute atomic E-state index is 0.0627. The Hall–Kier alpha value is -1.96. The van der Waals surface area contributed by atoms with Crippen LogP contribution in [0, 0.1) is 0 Å². The van der Waals surface area contributed by atoms with Gasteiger partial charge in [-0.25, -0.2) is 0 Å². The number of para-hydroxylation sites is 1. The zero-order valence-corrected chi connectivity index (χ0v) is 15.4. The fraction of sp³-hybridized carbons (Fsp3) is 0.579. The largest absolute Gasteiger partial charge is 0.383 e. The normalized spacial score (nSPS) is 21.4. The maximum atomic E-state index is 12.8. The van der Waals surface area contributed by atoms with Gasteiger partial charge >= 0.3 is 0 Å². The third kappa shape index (κ3) is 4.41. The molecule has 2 amide bonds. The number of ether oxygens (including phenoxy) is 1. The number of benzene rings is 1. The van der Waals surface area contributed by atoms with Crippen molar-refractivity contribution in [2.45, 2.75) is 12.5 Å². The van der Waals surface area contributed by atoms with Crippen LogP contribution in [0.4, 0.5) is 5.69 Å².